The van der Waals surface area contributed by atoms with Gasteiger partial charge in [0.05, 0.1) is 19.1 Å². The SMILES string of the molecule is CN(C)c1cccc(C(=O)N2CCc3oc(C4CCOC4)nc3C2)c1. The van der Waals surface area contributed by atoms with Crippen molar-refractivity contribution in [2.24, 2.45) is 0 Å². The van der Waals surface area contributed by atoms with Crippen molar-refractivity contribution in [3.05, 3.63) is 47.2 Å². The maximum atomic E-state index is 12.9. The van der Waals surface area contributed by atoms with Gasteiger partial charge in [-0.25, -0.2) is 4.98 Å². The molecule has 132 valence electrons. The van der Waals surface area contributed by atoms with E-state index in [1.54, 1.807) is 0 Å². The van der Waals surface area contributed by atoms with Gasteiger partial charge in [-0.05, 0) is 24.6 Å². The highest BCUT2D eigenvalue weighted by molar-refractivity contribution is 5.95. The lowest BCUT2D eigenvalue weighted by Gasteiger charge is -2.26. The van der Waals surface area contributed by atoms with Gasteiger partial charge >= 0.3 is 0 Å². The first kappa shape index (κ1) is 16.1. The Balaban J connectivity index is 1.51. The third-order valence-corrected chi connectivity index (χ3v) is 4.92. The number of amides is 1. The zero-order valence-electron chi connectivity index (χ0n) is 14.7. The highest BCUT2D eigenvalue weighted by Gasteiger charge is 2.29. The van der Waals surface area contributed by atoms with Crippen molar-refractivity contribution in [3.63, 3.8) is 0 Å². The Morgan fingerprint density at radius 2 is 2.24 bits per heavy atom. The van der Waals surface area contributed by atoms with Crippen molar-refractivity contribution in [2.45, 2.75) is 25.3 Å². The quantitative estimate of drug-likeness (QED) is 0.858. The molecule has 0 aliphatic carbocycles. The van der Waals surface area contributed by atoms with Crippen LogP contribution in [0.3, 0.4) is 0 Å². The van der Waals surface area contributed by atoms with Gasteiger partial charge < -0.3 is 19.0 Å². The van der Waals surface area contributed by atoms with Crippen LogP contribution in [0.5, 0.6) is 0 Å². The van der Waals surface area contributed by atoms with Gasteiger partial charge in [-0.1, -0.05) is 6.07 Å². The first-order valence-corrected chi connectivity index (χ1v) is 8.74. The molecule has 25 heavy (non-hydrogen) atoms. The predicted octanol–water partition coefficient (Wildman–Crippen LogP) is 2.44. The third-order valence-electron chi connectivity index (χ3n) is 4.92. The van der Waals surface area contributed by atoms with E-state index in [2.05, 4.69) is 4.98 Å². The van der Waals surface area contributed by atoms with E-state index in [9.17, 15) is 4.79 Å². The molecular formula is C19H23N3O3. The first-order chi connectivity index (χ1) is 12.1. The molecule has 6 heteroatoms. The number of hydrogen-bond acceptors (Lipinski definition) is 5. The van der Waals surface area contributed by atoms with Gasteiger partial charge in [0.2, 0.25) is 0 Å². The van der Waals surface area contributed by atoms with E-state index in [-0.39, 0.29) is 11.8 Å². The normalized spacial score (nSPS) is 19.8. The van der Waals surface area contributed by atoms with Crippen LogP contribution in [0.4, 0.5) is 5.69 Å². The summed E-state index contributed by atoms with van der Waals surface area (Å²) >= 11 is 0. The number of hydrogen-bond donors (Lipinski definition) is 0. The molecule has 0 spiro atoms. The summed E-state index contributed by atoms with van der Waals surface area (Å²) in [5.41, 5.74) is 2.63. The number of ether oxygens (including phenoxy) is 1. The van der Waals surface area contributed by atoms with Crippen LogP contribution < -0.4 is 4.90 Å². The second kappa shape index (κ2) is 6.52. The Kier molecular flexibility index (Phi) is 4.21. The predicted molar refractivity (Wildman–Crippen MR) is 93.9 cm³/mol. The van der Waals surface area contributed by atoms with Crippen LogP contribution in [0.1, 0.15) is 40.0 Å². The second-order valence-corrected chi connectivity index (χ2v) is 6.90. The van der Waals surface area contributed by atoms with Crippen LogP contribution in [-0.2, 0) is 17.7 Å². The molecule has 6 nitrogen and oxygen atoms in total. The highest BCUT2D eigenvalue weighted by atomic mass is 16.5. The molecule has 0 saturated carbocycles. The standard InChI is InChI=1S/C19H23N3O3/c1-21(2)15-5-3-4-13(10-15)19(23)22-8-6-17-16(11-22)20-18(25-17)14-7-9-24-12-14/h3-5,10,14H,6-9,11-12H2,1-2H3. The lowest BCUT2D eigenvalue weighted by Crippen LogP contribution is -2.35. The highest BCUT2D eigenvalue weighted by Crippen LogP contribution is 2.29. The van der Waals surface area contributed by atoms with Crippen molar-refractivity contribution in [3.8, 4) is 0 Å². The van der Waals surface area contributed by atoms with Crippen LogP contribution in [0.2, 0.25) is 0 Å². The summed E-state index contributed by atoms with van der Waals surface area (Å²) in [6.45, 7) is 2.62. The van der Waals surface area contributed by atoms with Crippen LogP contribution in [0, 0.1) is 0 Å². The van der Waals surface area contributed by atoms with E-state index >= 15 is 0 Å². The molecule has 1 fully saturated rings. The number of aromatic nitrogens is 1. The summed E-state index contributed by atoms with van der Waals surface area (Å²) in [6, 6.07) is 7.72. The Morgan fingerprint density at radius 1 is 1.36 bits per heavy atom. The molecule has 1 aromatic heterocycles. The zero-order chi connectivity index (χ0) is 17.4. The van der Waals surface area contributed by atoms with Crippen LogP contribution in [0.25, 0.3) is 0 Å². The van der Waals surface area contributed by atoms with Gasteiger partial charge in [0.15, 0.2) is 5.89 Å². The zero-order valence-corrected chi connectivity index (χ0v) is 14.7. The maximum absolute atomic E-state index is 12.9. The van der Waals surface area contributed by atoms with E-state index in [4.69, 9.17) is 9.15 Å². The Labute approximate surface area is 147 Å². The van der Waals surface area contributed by atoms with E-state index in [1.807, 2.05) is 48.2 Å². The fourth-order valence-corrected chi connectivity index (χ4v) is 3.40. The van der Waals surface area contributed by atoms with Gasteiger partial charge in [0, 0.05) is 44.9 Å². The van der Waals surface area contributed by atoms with Crippen LogP contribution >= 0.6 is 0 Å². The fraction of sp³-hybridized carbons (Fsp3) is 0.474. The third kappa shape index (κ3) is 3.14. The average molecular weight is 341 g/mol. The summed E-state index contributed by atoms with van der Waals surface area (Å²) in [6.07, 6.45) is 1.67. The van der Waals surface area contributed by atoms with E-state index in [0.717, 1.165) is 42.5 Å². The van der Waals surface area contributed by atoms with Gasteiger partial charge in [-0.3, -0.25) is 4.79 Å². The van der Waals surface area contributed by atoms with E-state index < -0.39 is 0 Å². The Hall–Kier alpha value is -2.34. The summed E-state index contributed by atoms with van der Waals surface area (Å²) in [4.78, 5) is 21.4. The molecule has 1 saturated heterocycles. The molecule has 2 aromatic rings. The van der Waals surface area contributed by atoms with E-state index in [0.29, 0.717) is 25.3 Å². The number of fused-ring (bicyclic) bond motifs is 1. The minimum Gasteiger partial charge on any atom is -0.445 e. The van der Waals surface area contributed by atoms with E-state index in [1.165, 1.54) is 0 Å². The van der Waals surface area contributed by atoms with Gasteiger partial charge in [0.25, 0.3) is 5.91 Å². The van der Waals surface area contributed by atoms with Gasteiger partial charge in [-0.2, -0.15) is 0 Å². The van der Waals surface area contributed by atoms with Crippen molar-refractivity contribution in [1.82, 2.24) is 9.88 Å². The molecule has 4 rings (SSSR count). The number of nitrogens with zero attached hydrogens (tertiary/aromatic N) is 3. The smallest absolute Gasteiger partial charge is 0.254 e. The molecule has 1 unspecified atom stereocenters. The molecule has 2 aliphatic rings. The van der Waals surface area contributed by atoms with Gasteiger partial charge in [-0.15, -0.1) is 0 Å². The van der Waals surface area contributed by atoms with Crippen molar-refractivity contribution < 1.29 is 13.9 Å². The maximum Gasteiger partial charge on any atom is 0.254 e. The first-order valence-electron chi connectivity index (χ1n) is 8.74. The van der Waals surface area contributed by atoms with Gasteiger partial charge in [0.1, 0.15) is 11.5 Å². The van der Waals surface area contributed by atoms with Crippen molar-refractivity contribution in [2.75, 3.05) is 38.8 Å². The molecule has 0 radical (unpaired) electrons. The second-order valence-electron chi connectivity index (χ2n) is 6.90. The lowest BCUT2D eigenvalue weighted by molar-refractivity contribution is 0.0728. The number of carbonyl (C=O) groups excluding carboxylic acids is 1. The van der Waals surface area contributed by atoms with Crippen LogP contribution in [0.15, 0.2) is 28.7 Å². The number of rotatable bonds is 3. The van der Waals surface area contributed by atoms with Crippen molar-refractivity contribution in [1.29, 1.82) is 0 Å². The van der Waals surface area contributed by atoms with Crippen molar-refractivity contribution >= 4 is 11.6 Å². The molecule has 1 atom stereocenters. The number of benzene rings is 1. The Bertz CT molecular complexity index is 778. The number of anilines is 1. The summed E-state index contributed by atoms with van der Waals surface area (Å²) in [7, 11) is 3.95. The monoisotopic (exact) mass is 341 g/mol. The molecule has 0 N–H and O–H groups in total. The molecule has 1 aromatic carbocycles. The van der Waals surface area contributed by atoms with Crippen LogP contribution in [-0.4, -0.2) is 49.6 Å². The largest absolute Gasteiger partial charge is 0.445 e. The molecule has 2 aliphatic heterocycles. The lowest BCUT2D eigenvalue weighted by atomic mass is 10.1. The molecular weight excluding hydrogens is 318 g/mol. The number of oxazole rings is 1. The summed E-state index contributed by atoms with van der Waals surface area (Å²) in [5, 5.41) is 0. The minimum absolute atomic E-state index is 0.0445. The minimum atomic E-state index is 0.0445. The molecule has 1 amide bonds. The molecule has 3 heterocycles. The fourth-order valence-electron chi connectivity index (χ4n) is 3.40. The topological polar surface area (TPSA) is 58.8 Å². The Morgan fingerprint density at radius 3 is 3.00 bits per heavy atom. The molecule has 0 bridgehead atoms. The summed E-state index contributed by atoms with van der Waals surface area (Å²) < 4.78 is 11.4. The average Bonchev–Trinajstić information content (AvgIpc) is 3.29. The summed E-state index contributed by atoms with van der Waals surface area (Å²) in [5.74, 6) is 1.99. The number of carbonyl (C=O) groups is 1.